The molecule has 0 fully saturated rings. The largest absolute Gasteiger partial charge is 0.369 e. The molecule has 0 saturated heterocycles. The van der Waals surface area contributed by atoms with Gasteiger partial charge in [0.25, 0.3) is 5.91 Å². The lowest BCUT2D eigenvalue weighted by Gasteiger charge is -2.34. The van der Waals surface area contributed by atoms with Crippen LogP contribution < -0.4 is 11.1 Å². The van der Waals surface area contributed by atoms with E-state index in [4.69, 9.17) is 17.3 Å². The van der Waals surface area contributed by atoms with E-state index in [9.17, 15) is 13.2 Å². The smallest absolute Gasteiger partial charge is 0.256 e. The normalized spacial score (nSPS) is 21.4. The van der Waals surface area contributed by atoms with Crippen LogP contribution in [0.5, 0.6) is 0 Å². The first kappa shape index (κ1) is 19.1. The van der Waals surface area contributed by atoms with E-state index in [0.717, 1.165) is 4.31 Å². The first-order valence-corrected chi connectivity index (χ1v) is 9.95. The van der Waals surface area contributed by atoms with Gasteiger partial charge in [-0.2, -0.15) is 0 Å². The fraction of sp³-hybridized carbons (Fsp3) is 0.235. The molecular weight excluding hydrogens is 390 g/mol. The Morgan fingerprint density at radius 3 is 2.59 bits per heavy atom. The summed E-state index contributed by atoms with van der Waals surface area (Å²) in [6.45, 7) is 1.67. The molecular formula is C17H18ClN5O3S. The number of pyridine rings is 1. The minimum absolute atomic E-state index is 0.0905. The van der Waals surface area contributed by atoms with Crippen LogP contribution in [0, 0.1) is 0 Å². The summed E-state index contributed by atoms with van der Waals surface area (Å²) >= 11 is 5.82. The molecule has 1 amide bonds. The van der Waals surface area contributed by atoms with Gasteiger partial charge in [-0.3, -0.25) is 4.79 Å². The third kappa shape index (κ3) is 3.88. The molecule has 0 unspecified atom stereocenters. The molecule has 27 heavy (non-hydrogen) atoms. The molecule has 3 rings (SSSR count). The van der Waals surface area contributed by atoms with Gasteiger partial charge in [0.15, 0.2) is 0 Å². The minimum atomic E-state index is -3.59. The lowest BCUT2D eigenvalue weighted by Crippen LogP contribution is -2.50. The second kappa shape index (κ2) is 6.82. The number of sulfonamides is 1. The minimum Gasteiger partial charge on any atom is -0.369 e. The number of anilines is 1. The second-order valence-electron chi connectivity index (χ2n) is 6.36. The molecule has 2 heterocycles. The van der Waals surface area contributed by atoms with E-state index in [1.54, 1.807) is 43.3 Å². The van der Waals surface area contributed by atoms with Gasteiger partial charge in [-0.25, -0.2) is 22.7 Å². The van der Waals surface area contributed by atoms with Crippen molar-refractivity contribution < 1.29 is 13.2 Å². The summed E-state index contributed by atoms with van der Waals surface area (Å²) in [6.07, 6.45) is 1.48. The Hall–Kier alpha value is -2.65. The summed E-state index contributed by atoms with van der Waals surface area (Å²) in [5, 5.41) is 3.21. The standard InChI is InChI=1S/C17H18ClN5O3S/c1-17(10-27(25,26)23(2)16(19)22-17)12-7-8-20-14(9-12)21-15(24)11-3-5-13(18)6-4-11/h3-9H,10H2,1-2H3,(H2,19,22)(H,20,21,24)/t17-/m0/s1. The Balaban J connectivity index is 1.89. The summed E-state index contributed by atoms with van der Waals surface area (Å²) in [6, 6.07) is 9.65. The van der Waals surface area contributed by atoms with Crippen molar-refractivity contribution in [1.82, 2.24) is 9.29 Å². The molecule has 142 valence electrons. The van der Waals surface area contributed by atoms with E-state index in [1.165, 1.54) is 13.2 Å². The van der Waals surface area contributed by atoms with E-state index in [1.807, 2.05) is 0 Å². The molecule has 1 aromatic heterocycles. The fourth-order valence-electron chi connectivity index (χ4n) is 2.72. The van der Waals surface area contributed by atoms with Crippen molar-refractivity contribution in [3.8, 4) is 0 Å². The number of guanidine groups is 1. The third-order valence-electron chi connectivity index (χ3n) is 4.29. The number of benzene rings is 1. The van der Waals surface area contributed by atoms with Crippen LogP contribution >= 0.6 is 11.6 Å². The molecule has 0 aliphatic carbocycles. The average Bonchev–Trinajstić information content (AvgIpc) is 2.60. The third-order valence-corrected chi connectivity index (χ3v) is 6.49. The van der Waals surface area contributed by atoms with Gasteiger partial charge in [0.05, 0.1) is 5.75 Å². The van der Waals surface area contributed by atoms with Gasteiger partial charge < -0.3 is 11.1 Å². The van der Waals surface area contributed by atoms with Crippen LogP contribution in [-0.2, 0) is 15.6 Å². The highest BCUT2D eigenvalue weighted by Gasteiger charge is 2.40. The van der Waals surface area contributed by atoms with E-state index in [2.05, 4.69) is 15.3 Å². The van der Waals surface area contributed by atoms with Crippen LogP contribution in [0.15, 0.2) is 47.6 Å². The number of aromatic nitrogens is 1. The number of rotatable bonds is 3. The number of hydrogen-bond acceptors (Lipinski definition) is 6. The number of nitrogens with two attached hydrogens (primary N) is 1. The molecule has 8 nitrogen and oxygen atoms in total. The van der Waals surface area contributed by atoms with Crippen molar-refractivity contribution in [2.75, 3.05) is 18.1 Å². The maximum absolute atomic E-state index is 12.3. The van der Waals surface area contributed by atoms with E-state index in [-0.39, 0.29) is 23.4 Å². The van der Waals surface area contributed by atoms with Crippen molar-refractivity contribution in [3.05, 3.63) is 58.7 Å². The number of carbonyl (C=O) groups excluding carboxylic acids is 1. The molecule has 1 aliphatic heterocycles. The van der Waals surface area contributed by atoms with E-state index < -0.39 is 15.6 Å². The predicted octanol–water partition coefficient (Wildman–Crippen LogP) is 1.79. The van der Waals surface area contributed by atoms with Gasteiger partial charge in [0.2, 0.25) is 16.0 Å². The molecule has 10 heteroatoms. The first-order valence-electron chi connectivity index (χ1n) is 7.96. The van der Waals surface area contributed by atoms with E-state index >= 15 is 0 Å². The van der Waals surface area contributed by atoms with Crippen LogP contribution in [0.4, 0.5) is 5.82 Å². The van der Waals surface area contributed by atoms with Gasteiger partial charge in [0, 0.05) is 23.8 Å². The number of amides is 1. The highest BCUT2D eigenvalue weighted by molar-refractivity contribution is 7.89. The van der Waals surface area contributed by atoms with Crippen molar-refractivity contribution in [2.24, 2.45) is 10.7 Å². The average molecular weight is 408 g/mol. The highest BCUT2D eigenvalue weighted by Crippen LogP contribution is 2.32. The van der Waals surface area contributed by atoms with Gasteiger partial charge in [0.1, 0.15) is 11.4 Å². The molecule has 0 spiro atoms. The van der Waals surface area contributed by atoms with Gasteiger partial charge in [-0.15, -0.1) is 0 Å². The predicted molar refractivity (Wildman–Crippen MR) is 104 cm³/mol. The SMILES string of the molecule is CN1C(N)=N[C@](C)(c2ccnc(NC(=O)c3ccc(Cl)cc3)c2)CS1(=O)=O. The number of carbonyl (C=O) groups is 1. The molecule has 1 aromatic carbocycles. The quantitative estimate of drug-likeness (QED) is 0.804. The van der Waals surface area contributed by atoms with Crippen LogP contribution in [0.1, 0.15) is 22.8 Å². The highest BCUT2D eigenvalue weighted by atomic mass is 35.5. The van der Waals surface area contributed by atoms with Crippen molar-refractivity contribution in [3.63, 3.8) is 0 Å². The van der Waals surface area contributed by atoms with E-state index in [0.29, 0.717) is 16.1 Å². The molecule has 0 radical (unpaired) electrons. The summed E-state index contributed by atoms with van der Waals surface area (Å²) in [5.74, 6) is -0.419. The summed E-state index contributed by atoms with van der Waals surface area (Å²) in [4.78, 5) is 20.8. The Labute approximate surface area is 162 Å². The summed E-state index contributed by atoms with van der Waals surface area (Å²) < 4.78 is 25.6. The second-order valence-corrected chi connectivity index (χ2v) is 8.80. The van der Waals surface area contributed by atoms with Gasteiger partial charge >= 0.3 is 0 Å². The molecule has 1 aliphatic rings. The van der Waals surface area contributed by atoms with Crippen molar-refractivity contribution in [1.29, 1.82) is 0 Å². The Kier molecular flexibility index (Phi) is 4.83. The lowest BCUT2D eigenvalue weighted by molar-refractivity contribution is 0.102. The number of halogens is 1. The van der Waals surface area contributed by atoms with Crippen molar-refractivity contribution >= 4 is 39.3 Å². The van der Waals surface area contributed by atoms with Crippen molar-refractivity contribution in [2.45, 2.75) is 12.5 Å². The first-order chi connectivity index (χ1) is 12.6. The van der Waals surface area contributed by atoms with Gasteiger partial charge in [-0.1, -0.05) is 11.6 Å². The number of aliphatic imine (C=N–C) groups is 1. The monoisotopic (exact) mass is 407 g/mol. The van der Waals surface area contributed by atoms with Gasteiger partial charge in [-0.05, 0) is 48.9 Å². The Morgan fingerprint density at radius 1 is 1.30 bits per heavy atom. The maximum Gasteiger partial charge on any atom is 0.256 e. The summed E-state index contributed by atoms with van der Waals surface area (Å²) in [5.41, 5.74) is 5.68. The lowest BCUT2D eigenvalue weighted by atomic mass is 9.95. The number of hydrogen-bond donors (Lipinski definition) is 2. The number of nitrogens with zero attached hydrogens (tertiary/aromatic N) is 3. The summed E-state index contributed by atoms with van der Waals surface area (Å²) in [7, 11) is -2.23. The van der Waals surface area contributed by atoms with Crippen LogP contribution in [0.25, 0.3) is 0 Å². The van der Waals surface area contributed by atoms with Crippen LogP contribution in [0.3, 0.4) is 0 Å². The zero-order valence-electron chi connectivity index (χ0n) is 14.7. The molecule has 3 N–H and O–H groups in total. The molecule has 0 bridgehead atoms. The fourth-order valence-corrected chi connectivity index (χ4v) is 4.31. The zero-order chi connectivity index (χ0) is 19.8. The number of nitrogens with one attached hydrogen (secondary N) is 1. The van der Waals surface area contributed by atoms with Crippen LogP contribution in [0.2, 0.25) is 5.02 Å². The zero-order valence-corrected chi connectivity index (χ0v) is 16.3. The Bertz CT molecular complexity index is 1020. The molecule has 0 saturated carbocycles. The molecule has 2 aromatic rings. The molecule has 1 atom stereocenters. The maximum atomic E-state index is 12.3. The Morgan fingerprint density at radius 2 is 1.96 bits per heavy atom. The topological polar surface area (TPSA) is 118 Å². The van der Waals surface area contributed by atoms with Crippen LogP contribution in [-0.4, -0.2) is 42.4 Å².